The molecule has 2 atom stereocenters. The molecule has 2 aliphatic rings. The molecule has 0 N–H and O–H groups in total. The van der Waals surface area contributed by atoms with Gasteiger partial charge in [-0.1, -0.05) is 30.3 Å². The second kappa shape index (κ2) is 7.04. The Bertz CT molecular complexity index is 709. The minimum Gasteiger partial charge on any atom is -0.461 e. The fraction of sp³-hybridized carbons (Fsp3) is 0.471. The molecule has 0 aromatic heterocycles. The Morgan fingerprint density at radius 3 is 2.38 bits per heavy atom. The fourth-order valence-electron chi connectivity index (χ4n) is 3.12. The van der Waals surface area contributed by atoms with Gasteiger partial charge >= 0.3 is 5.97 Å². The lowest BCUT2D eigenvalue weighted by Crippen LogP contribution is -2.52. The van der Waals surface area contributed by atoms with Crippen LogP contribution in [0.15, 0.2) is 35.7 Å². The minimum atomic E-state index is -3.44. The summed E-state index contributed by atoms with van der Waals surface area (Å²) in [6.07, 6.45) is 2.23. The van der Waals surface area contributed by atoms with Crippen LogP contribution in [0.1, 0.15) is 18.9 Å². The summed E-state index contributed by atoms with van der Waals surface area (Å²) >= 11 is 0. The van der Waals surface area contributed by atoms with Gasteiger partial charge in [0.1, 0.15) is 12.1 Å². The summed E-state index contributed by atoms with van der Waals surface area (Å²) in [5, 5.41) is 1.25. The maximum atomic E-state index is 12.4. The number of cyclic esters (lactones) is 1. The van der Waals surface area contributed by atoms with Crippen molar-refractivity contribution in [2.75, 3.05) is 26.2 Å². The zero-order chi connectivity index (χ0) is 17.2. The van der Waals surface area contributed by atoms with Crippen LogP contribution in [0.2, 0.25) is 0 Å². The van der Waals surface area contributed by atoms with Gasteiger partial charge in [-0.25, -0.2) is 8.42 Å². The minimum absolute atomic E-state index is 0.0573. The Kier molecular flexibility index (Phi) is 5.03. The number of esters is 1. The van der Waals surface area contributed by atoms with Crippen LogP contribution in [-0.4, -0.2) is 61.9 Å². The quantitative estimate of drug-likeness (QED) is 0.766. The maximum Gasteiger partial charge on any atom is 0.323 e. The van der Waals surface area contributed by atoms with Crippen LogP contribution < -0.4 is 0 Å². The highest BCUT2D eigenvalue weighted by molar-refractivity contribution is 7.92. The topological polar surface area (TPSA) is 66.9 Å². The first-order chi connectivity index (χ1) is 11.5. The fourth-order valence-corrected chi connectivity index (χ4v) is 4.29. The summed E-state index contributed by atoms with van der Waals surface area (Å²) in [6.45, 7) is 3.75. The highest BCUT2D eigenvalue weighted by atomic mass is 32.2. The molecule has 0 spiro atoms. The summed E-state index contributed by atoms with van der Waals surface area (Å²) in [7, 11) is -3.44. The third kappa shape index (κ3) is 3.85. The monoisotopic (exact) mass is 350 g/mol. The number of carbonyl (C=O) groups is 1. The van der Waals surface area contributed by atoms with Gasteiger partial charge in [-0.2, -0.15) is 4.31 Å². The van der Waals surface area contributed by atoms with E-state index < -0.39 is 10.0 Å². The van der Waals surface area contributed by atoms with Crippen molar-refractivity contribution in [1.29, 1.82) is 0 Å². The van der Waals surface area contributed by atoms with Gasteiger partial charge in [0.2, 0.25) is 10.0 Å². The number of hydrogen-bond acceptors (Lipinski definition) is 5. The molecule has 2 heterocycles. The van der Waals surface area contributed by atoms with E-state index in [1.807, 2.05) is 42.2 Å². The van der Waals surface area contributed by atoms with Crippen molar-refractivity contribution in [3.05, 3.63) is 41.3 Å². The molecule has 2 fully saturated rings. The van der Waals surface area contributed by atoms with Gasteiger partial charge in [-0.15, -0.1) is 0 Å². The molecule has 3 rings (SSSR count). The SMILES string of the molecule is C[C@@H]1C[C@H](N2CCN(S(=O)(=O)/C=C/c3ccccc3)CC2)C(=O)O1. The van der Waals surface area contributed by atoms with Gasteiger partial charge in [-0.3, -0.25) is 9.69 Å². The number of hydrogen-bond donors (Lipinski definition) is 0. The summed E-state index contributed by atoms with van der Waals surface area (Å²) in [5.41, 5.74) is 0.849. The molecule has 0 unspecified atom stereocenters. The number of benzene rings is 1. The van der Waals surface area contributed by atoms with Crippen LogP contribution in [0.4, 0.5) is 0 Å². The summed E-state index contributed by atoms with van der Waals surface area (Å²) in [4.78, 5) is 13.8. The molecule has 1 aromatic carbocycles. The highest BCUT2D eigenvalue weighted by Gasteiger charge is 2.38. The van der Waals surface area contributed by atoms with Crippen molar-refractivity contribution in [3.8, 4) is 0 Å². The zero-order valence-electron chi connectivity index (χ0n) is 13.7. The van der Waals surface area contributed by atoms with Gasteiger partial charge in [0, 0.05) is 38.0 Å². The standard InChI is InChI=1S/C17H22N2O4S/c1-14-13-16(17(20)23-14)18-8-10-19(11-9-18)24(21,22)12-7-15-5-3-2-4-6-15/h2-7,12,14,16H,8-11,13H2,1H3/b12-7+/t14-,16+/m1/s1. The lowest BCUT2D eigenvalue weighted by Gasteiger charge is -2.35. The van der Waals surface area contributed by atoms with Crippen molar-refractivity contribution >= 4 is 22.1 Å². The predicted molar refractivity (Wildman–Crippen MR) is 91.5 cm³/mol. The molecule has 2 saturated heterocycles. The molecule has 24 heavy (non-hydrogen) atoms. The summed E-state index contributed by atoms with van der Waals surface area (Å²) in [5.74, 6) is -0.192. The molecule has 0 aliphatic carbocycles. The lowest BCUT2D eigenvalue weighted by molar-refractivity contribution is -0.145. The van der Waals surface area contributed by atoms with E-state index in [4.69, 9.17) is 4.74 Å². The molecule has 0 amide bonds. The smallest absolute Gasteiger partial charge is 0.323 e. The zero-order valence-corrected chi connectivity index (χ0v) is 14.5. The average Bonchev–Trinajstić information content (AvgIpc) is 2.93. The largest absolute Gasteiger partial charge is 0.461 e. The van der Waals surface area contributed by atoms with Crippen molar-refractivity contribution in [3.63, 3.8) is 0 Å². The van der Waals surface area contributed by atoms with Crippen LogP contribution >= 0.6 is 0 Å². The van der Waals surface area contributed by atoms with Gasteiger partial charge in [0.25, 0.3) is 0 Å². The molecule has 0 bridgehead atoms. The molecule has 1 aromatic rings. The number of rotatable bonds is 4. The lowest BCUT2D eigenvalue weighted by atomic mass is 10.1. The van der Waals surface area contributed by atoms with Crippen LogP contribution in [0, 0.1) is 0 Å². The van der Waals surface area contributed by atoms with Crippen LogP contribution in [-0.2, 0) is 19.6 Å². The summed E-state index contributed by atoms with van der Waals surface area (Å²) < 4.78 is 31.5. The molecule has 0 saturated carbocycles. The van der Waals surface area contributed by atoms with Crippen molar-refractivity contribution in [2.24, 2.45) is 0 Å². The van der Waals surface area contributed by atoms with Gasteiger partial charge in [0.05, 0.1) is 0 Å². The first kappa shape index (κ1) is 17.1. The van der Waals surface area contributed by atoms with Crippen molar-refractivity contribution in [2.45, 2.75) is 25.5 Å². The van der Waals surface area contributed by atoms with E-state index in [1.165, 1.54) is 9.71 Å². The van der Waals surface area contributed by atoms with Gasteiger partial charge in [0.15, 0.2) is 0 Å². The number of ether oxygens (including phenoxy) is 1. The Labute approximate surface area is 142 Å². The molecule has 130 valence electrons. The maximum absolute atomic E-state index is 12.4. The Morgan fingerprint density at radius 2 is 1.79 bits per heavy atom. The molecule has 6 nitrogen and oxygen atoms in total. The first-order valence-electron chi connectivity index (χ1n) is 8.13. The molecule has 7 heteroatoms. The third-order valence-corrected chi connectivity index (χ3v) is 6.02. The number of nitrogens with zero attached hydrogens (tertiary/aromatic N) is 2. The van der Waals surface area contributed by atoms with E-state index in [0.717, 1.165) is 5.56 Å². The predicted octanol–water partition coefficient (Wildman–Crippen LogP) is 1.31. The second-order valence-corrected chi connectivity index (χ2v) is 8.01. The average molecular weight is 350 g/mol. The number of carbonyl (C=O) groups excluding carboxylic acids is 1. The van der Waals surface area contributed by atoms with Crippen LogP contribution in [0.25, 0.3) is 6.08 Å². The molecule has 2 aliphatic heterocycles. The van der Waals surface area contributed by atoms with Gasteiger partial charge in [-0.05, 0) is 18.6 Å². The van der Waals surface area contributed by atoms with Crippen LogP contribution in [0.5, 0.6) is 0 Å². The Hall–Kier alpha value is -1.70. The van der Waals surface area contributed by atoms with E-state index >= 15 is 0 Å². The van der Waals surface area contributed by atoms with Crippen molar-refractivity contribution in [1.82, 2.24) is 9.21 Å². The number of sulfonamides is 1. The molecule has 0 radical (unpaired) electrons. The number of piperazine rings is 1. The molecular formula is C17H22N2O4S. The Balaban J connectivity index is 1.59. The van der Waals surface area contributed by atoms with E-state index in [1.54, 1.807) is 6.08 Å². The van der Waals surface area contributed by atoms with Gasteiger partial charge < -0.3 is 4.74 Å². The third-order valence-electron chi connectivity index (χ3n) is 4.45. The second-order valence-electron chi connectivity index (χ2n) is 6.19. The van der Waals surface area contributed by atoms with E-state index in [-0.39, 0.29) is 18.1 Å². The molecular weight excluding hydrogens is 328 g/mol. The van der Waals surface area contributed by atoms with E-state index in [2.05, 4.69) is 0 Å². The first-order valence-corrected chi connectivity index (χ1v) is 9.64. The highest BCUT2D eigenvalue weighted by Crippen LogP contribution is 2.22. The Morgan fingerprint density at radius 1 is 1.12 bits per heavy atom. The van der Waals surface area contributed by atoms with Crippen LogP contribution in [0.3, 0.4) is 0 Å². The normalized spacial score (nSPS) is 26.8. The van der Waals surface area contributed by atoms with E-state index in [9.17, 15) is 13.2 Å². The van der Waals surface area contributed by atoms with Crippen molar-refractivity contribution < 1.29 is 17.9 Å². The summed E-state index contributed by atoms with van der Waals surface area (Å²) in [6, 6.07) is 9.11. The van der Waals surface area contributed by atoms with E-state index in [0.29, 0.717) is 32.6 Å².